The Bertz CT molecular complexity index is 1880. The Morgan fingerprint density at radius 2 is 1.39 bits per heavy atom. The van der Waals surface area contributed by atoms with Crippen LogP contribution in [0.15, 0.2) is 113 Å². The van der Waals surface area contributed by atoms with Gasteiger partial charge in [0.1, 0.15) is 12.4 Å². The van der Waals surface area contributed by atoms with Crippen molar-refractivity contribution in [3.63, 3.8) is 0 Å². The Balaban J connectivity index is 1.27. The highest BCUT2D eigenvalue weighted by Gasteiger charge is 2.35. The maximum atomic E-state index is 13.9. The van der Waals surface area contributed by atoms with E-state index in [0.29, 0.717) is 16.7 Å². The number of halogens is 2. The molecular weight excluding hydrogens is 790 g/mol. The molecular formula is C37H30I2N2O2S. The predicted octanol–water partition coefficient (Wildman–Crippen LogP) is 10.6. The van der Waals surface area contributed by atoms with Gasteiger partial charge in [-0.1, -0.05) is 74.5 Å². The topological polar surface area (TPSA) is 41.9 Å². The predicted molar refractivity (Wildman–Crippen MR) is 202 cm³/mol. The Morgan fingerprint density at radius 1 is 0.773 bits per heavy atom. The van der Waals surface area contributed by atoms with E-state index in [2.05, 4.69) is 138 Å². The molecule has 5 aromatic rings. The molecule has 1 fully saturated rings. The number of fused-ring (bicyclic) bond motifs is 1. The number of ether oxygens (including phenoxy) is 1. The van der Waals surface area contributed by atoms with Gasteiger partial charge in [-0.25, -0.2) is 4.99 Å². The normalized spacial score (nSPS) is 15.1. The van der Waals surface area contributed by atoms with Gasteiger partial charge in [0.2, 0.25) is 0 Å². The molecule has 0 spiro atoms. The molecule has 1 heterocycles. The molecule has 1 saturated heterocycles. The lowest BCUT2D eigenvalue weighted by atomic mass is 10.1. The summed E-state index contributed by atoms with van der Waals surface area (Å²) in [6.45, 7) is 4.75. The Hall–Kier alpha value is -3.15. The van der Waals surface area contributed by atoms with E-state index in [1.165, 1.54) is 33.7 Å². The summed E-state index contributed by atoms with van der Waals surface area (Å²) >= 11 is 6.05. The zero-order chi connectivity index (χ0) is 30.6. The highest BCUT2D eigenvalue weighted by Crippen LogP contribution is 2.39. The summed E-state index contributed by atoms with van der Waals surface area (Å²) in [4.78, 5) is 21.2. The number of anilines is 1. The average Bonchev–Trinajstić information content (AvgIpc) is 3.34. The van der Waals surface area contributed by atoms with E-state index in [4.69, 9.17) is 9.73 Å². The smallest absolute Gasteiger partial charge is 0.271 e. The van der Waals surface area contributed by atoms with Crippen LogP contribution in [0.25, 0.3) is 16.8 Å². The molecule has 44 heavy (non-hydrogen) atoms. The molecule has 1 aliphatic heterocycles. The number of thioether (sulfide) groups is 1. The van der Waals surface area contributed by atoms with Crippen molar-refractivity contribution in [2.24, 2.45) is 4.99 Å². The second-order valence-electron chi connectivity index (χ2n) is 10.5. The number of amidine groups is 1. The van der Waals surface area contributed by atoms with E-state index < -0.39 is 0 Å². The lowest BCUT2D eigenvalue weighted by molar-refractivity contribution is -0.113. The minimum Gasteiger partial charge on any atom is -0.487 e. The van der Waals surface area contributed by atoms with Crippen molar-refractivity contribution >= 4 is 96.2 Å². The molecule has 6 rings (SSSR count). The first kappa shape index (κ1) is 30.9. The molecule has 0 aromatic heterocycles. The maximum Gasteiger partial charge on any atom is 0.271 e. The zero-order valence-corrected chi connectivity index (χ0v) is 29.5. The van der Waals surface area contributed by atoms with Crippen molar-refractivity contribution in [3.05, 3.63) is 137 Å². The number of carbonyl (C=O) groups excluding carboxylic acids is 1. The average molecular weight is 821 g/mol. The van der Waals surface area contributed by atoms with Crippen LogP contribution in [0.1, 0.15) is 36.1 Å². The van der Waals surface area contributed by atoms with E-state index in [1.54, 1.807) is 4.90 Å². The van der Waals surface area contributed by atoms with Crippen LogP contribution < -0.4 is 9.64 Å². The molecule has 1 aliphatic rings. The molecule has 7 heteroatoms. The molecule has 220 valence electrons. The van der Waals surface area contributed by atoms with Crippen LogP contribution in [0.2, 0.25) is 0 Å². The van der Waals surface area contributed by atoms with Crippen LogP contribution in [-0.4, -0.2) is 11.1 Å². The summed E-state index contributed by atoms with van der Waals surface area (Å²) < 4.78 is 8.30. The van der Waals surface area contributed by atoms with Gasteiger partial charge >= 0.3 is 0 Å². The van der Waals surface area contributed by atoms with Gasteiger partial charge in [0, 0.05) is 0 Å². The SMILES string of the molecule is CCc1ccc(N=C2S/C(=C\c3cc(I)c(OCc4ccc5ccccc5c4)c(I)c3)C(=O)N2c2ccc(CC)cc2)cc1. The van der Waals surface area contributed by atoms with E-state index in [1.807, 2.05) is 30.3 Å². The van der Waals surface area contributed by atoms with Gasteiger partial charge < -0.3 is 4.74 Å². The number of rotatable bonds is 8. The fourth-order valence-corrected chi connectivity index (χ4v) is 8.14. The first-order valence-electron chi connectivity index (χ1n) is 14.5. The highest BCUT2D eigenvalue weighted by molar-refractivity contribution is 14.1. The quantitative estimate of drug-likeness (QED) is 0.116. The molecule has 0 saturated carbocycles. The summed E-state index contributed by atoms with van der Waals surface area (Å²) in [6.07, 6.45) is 3.87. The van der Waals surface area contributed by atoms with Gasteiger partial charge in [0.05, 0.1) is 23.4 Å². The number of carbonyl (C=O) groups is 1. The third kappa shape index (κ3) is 6.89. The fourth-order valence-electron chi connectivity index (χ4n) is 5.01. The standard InChI is InChI=1S/C37H30I2N2O2S/c1-3-24-10-15-30(16-11-24)40-37-41(31-17-12-25(4-2)13-18-31)36(42)34(44-37)22-27-20-32(38)35(33(39)21-27)43-23-26-9-14-28-7-5-6-8-29(28)19-26/h5-22H,3-4,23H2,1-2H3/b34-22-,40-37?. The Labute approximate surface area is 289 Å². The monoisotopic (exact) mass is 820 g/mol. The van der Waals surface area contributed by atoms with Crippen molar-refractivity contribution in [1.82, 2.24) is 0 Å². The van der Waals surface area contributed by atoms with Crippen molar-refractivity contribution < 1.29 is 9.53 Å². The van der Waals surface area contributed by atoms with Crippen molar-refractivity contribution in [1.29, 1.82) is 0 Å². The van der Waals surface area contributed by atoms with Gasteiger partial charge in [0.15, 0.2) is 5.17 Å². The Kier molecular flexibility index (Phi) is 9.73. The number of benzene rings is 5. The summed E-state index contributed by atoms with van der Waals surface area (Å²) in [5, 5.41) is 3.07. The molecule has 0 atom stereocenters. The number of amides is 1. The molecule has 5 aromatic carbocycles. The van der Waals surface area contributed by atoms with E-state index in [-0.39, 0.29) is 5.91 Å². The number of aryl methyl sites for hydroxylation is 2. The summed E-state index contributed by atoms with van der Waals surface area (Å²) in [5.41, 5.74) is 6.19. The van der Waals surface area contributed by atoms with Crippen LogP contribution in [0.4, 0.5) is 11.4 Å². The second kappa shape index (κ2) is 13.9. The third-order valence-corrected chi connectivity index (χ3v) is 10.1. The van der Waals surface area contributed by atoms with Crippen molar-refractivity contribution in [2.75, 3.05) is 4.90 Å². The highest BCUT2D eigenvalue weighted by atomic mass is 127. The lowest BCUT2D eigenvalue weighted by Gasteiger charge is -2.16. The number of hydrogen-bond donors (Lipinski definition) is 0. The zero-order valence-electron chi connectivity index (χ0n) is 24.4. The molecule has 0 unspecified atom stereocenters. The van der Waals surface area contributed by atoms with Gasteiger partial charge in [-0.2, -0.15) is 0 Å². The van der Waals surface area contributed by atoms with Crippen LogP contribution in [-0.2, 0) is 24.2 Å². The minimum atomic E-state index is -0.0789. The van der Waals surface area contributed by atoms with Crippen molar-refractivity contribution in [2.45, 2.75) is 33.3 Å². The molecule has 1 amide bonds. The fraction of sp³-hybridized carbons (Fsp3) is 0.135. The lowest BCUT2D eigenvalue weighted by Crippen LogP contribution is -2.28. The molecule has 0 N–H and O–H groups in total. The van der Waals surface area contributed by atoms with Crippen LogP contribution in [0, 0.1) is 7.14 Å². The summed E-state index contributed by atoms with van der Waals surface area (Å²) in [7, 11) is 0. The maximum absolute atomic E-state index is 13.9. The van der Waals surface area contributed by atoms with Gasteiger partial charge in [-0.3, -0.25) is 9.69 Å². The number of aliphatic imine (C=N–C) groups is 1. The molecule has 0 radical (unpaired) electrons. The van der Waals surface area contributed by atoms with E-state index >= 15 is 0 Å². The van der Waals surface area contributed by atoms with Gasteiger partial charge in [-0.15, -0.1) is 0 Å². The first-order valence-corrected chi connectivity index (χ1v) is 17.5. The second-order valence-corrected chi connectivity index (χ2v) is 13.8. The molecule has 0 bridgehead atoms. The van der Waals surface area contributed by atoms with E-state index in [9.17, 15) is 4.79 Å². The Morgan fingerprint density at radius 3 is 2.05 bits per heavy atom. The first-order chi connectivity index (χ1) is 21.4. The molecule has 0 aliphatic carbocycles. The van der Waals surface area contributed by atoms with Gasteiger partial charge in [0.25, 0.3) is 5.91 Å². The van der Waals surface area contributed by atoms with Crippen LogP contribution in [0.3, 0.4) is 0 Å². The largest absolute Gasteiger partial charge is 0.487 e. The summed E-state index contributed by atoms with van der Waals surface area (Å²) in [5.74, 6) is 0.771. The van der Waals surface area contributed by atoms with Crippen LogP contribution >= 0.6 is 56.9 Å². The summed E-state index contributed by atoms with van der Waals surface area (Å²) in [6, 6.07) is 35.3. The van der Waals surface area contributed by atoms with Gasteiger partial charge in [-0.05, 0) is 151 Å². The molecule has 4 nitrogen and oxygen atoms in total. The number of hydrogen-bond acceptors (Lipinski definition) is 4. The third-order valence-electron chi connectivity index (χ3n) is 7.49. The number of nitrogens with zero attached hydrogens (tertiary/aromatic N) is 2. The van der Waals surface area contributed by atoms with Crippen LogP contribution in [0.5, 0.6) is 5.75 Å². The van der Waals surface area contributed by atoms with E-state index in [0.717, 1.165) is 48.2 Å². The minimum absolute atomic E-state index is 0.0789. The van der Waals surface area contributed by atoms with Crippen molar-refractivity contribution in [3.8, 4) is 5.75 Å².